The minimum atomic E-state index is -0.810. The highest BCUT2D eigenvalue weighted by Gasteiger charge is 2.14. The molecule has 0 aliphatic rings. The molecule has 0 saturated heterocycles. The second-order valence-corrected chi connectivity index (χ2v) is 7.74. The maximum absolute atomic E-state index is 14.6. The number of hydrogen-bond acceptors (Lipinski definition) is 0. The van der Waals surface area contributed by atoms with Gasteiger partial charge < -0.3 is 0 Å². The SMILES string of the molecule is CCCCCc1ccc(-c2ccc(C#Cc3ccc(CCC)c(F)c3)cc2)c(F)c1F. The number of unbranched alkanes of at least 4 members (excludes halogenated alkanes) is 2. The van der Waals surface area contributed by atoms with Crippen molar-refractivity contribution >= 4 is 0 Å². The fourth-order valence-corrected chi connectivity index (χ4v) is 3.55. The first-order valence-corrected chi connectivity index (χ1v) is 10.9. The van der Waals surface area contributed by atoms with Crippen LogP contribution in [0.5, 0.6) is 0 Å². The van der Waals surface area contributed by atoms with Gasteiger partial charge in [-0.3, -0.25) is 0 Å². The second-order valence-electron chi connectivity index (χ2n) is 7.74. The predicted molar refractivity (Wildman–Crippen MR) is 121 cm³/mol. The Morgan fingerprint density at radius 3 is 2.00 bits per heavy atom. The quantitative estimate of drug-likeness (QED) is 0.270. The van der Waals surface area contributed by atoms with E-state index in [9.17, 15) is 13.2 Å². The lowest BCUT2D eigenvalue weighted by molar-refractivity contribution is 0.498. The van der Waals surface area contributed by atoms with Crippen LogP contribution < -0.4 is 0 Å². The smallest absolute Gasteiger partial charge is 0.166 e. The Hall–Kier alpha value is -2.99. The summed E-state index contributed by atoms with van der Waals surface area (Å²) in [5.41, 5.74) is 3.28. The Balaban J connectivity index is 1.76. The van der Waals surface area contributed by atoms with Gasteiger partial charge in [-0.2, -0.15) is 0 Å². The lowest BCUT2D eigenvalue weighted by Gasteiger charge is -2.09. The van der Waals surface area contributed by atoms with Crippen molar-refractivity contribution in [3.8, 4) is 23.0 Å². The van der Waals surface area contributed by atoms with E-state index in [1.54, 1.807) is 42.5 Å². The highest BCUT2D eigenvalue weighted by Crippen LogP contribution is 2.27. The Morgan fingerprint density at radius 1 is 0.645 bits per heavy atom. The topological polar surface area (TPSA) is 0 Å². The number of rotatable bonds is 7. The van der Waals surface area contributed by atoms with E-state index >= 15 is 0 Å². The normalized spacial score (nSPS) is 10.6. The monoisotopic (exact) mass is 420 g/mol. The fourth-order valence-electron chi connectivity index (χ4n) is 3.55. The molecule has 3 rings (SSSR count). The zero-order valence-corrected chi connectivity index (χ0v) is 18.1. The molecule has 3 heteroatoms. The molecule has 0 fully saturated rings. The third kappa shape index (κ3) is 5.79. The highest BCUT2D eigenvalue weighted by atomic mass is 19.2. The molecule has 0 unspecified atom stereocenters. The second kappa shape index (κ2) is 10.9. The van der Waals surface area contributed by atoms with Crippen LogP contribution in [-0.2, 0) is 12.8 Å². The molecule has 0 nitrogen and oxygen atoms in total. The first-order valence-electron chi connectivity index (χ1n) is 10.9. The summed E-state index contributed by atoms with van der Waals surface area (Å²) in [6.07, 6.45) is 5.03. The predicted octanol–water partition coefficient (Wildman–Crippen LogP) is 7.86. The molecule has 0 spiro atoms. The molecule has 3 aromatic carbocycles. The van der Waals surface area contributed by atoms with Crippen LogP contribution in [0.25, 0.3) is 11.1 Å². The van der Waals surface area contributed by atoms with Crippen LogP contribution >= 0.6 is 0 Å². The summed E-state index contributed by atoms with van der Waals surface area (Å²) in [7, 11) is 0. The maximum atomic E-state index is 14.6. The van der Waals surface area contributed by atoms with Gasteiger partial charge in [0.2, 0.25) is 0 Å². The molecule has 0 radical (unpaired) electrons. The van der Waals surface area contributed by atoms with Crippen molar-refractivity contribution in [3.63, 3.8) is 0 Å². The van der Waals surface area contributed by atoms with Gasteiger partial charge in [-0.25, -0.2) is 13.2 Å². The zero-order chi connectivity index (χ0) is 22.2. The van der Waals surface area contributed by atoms with E-state index in [4.69, 9.17) is 0 Å². The third-order valence-corrected chi connectivity index (χ3v) is 5.33. The van der Waals surface area contributed by atoms with Crippen molar-refractivity contribution in [2.75, 3.05) is 0 Å². The Morgan fingerprint density at radius 2 is 1.32 bits per heavy atom. The first-order chi connectivity index (χ1) is 15.0. The van der Waals surface area contributed by atoms with E-state index in [1.165, 1.54) is 6.07 Å². The van der Waals surface area contributed by atoms with E-state index in [1.807, 2.05) is 13.0 Å². The molecule has 0 N–H and O–H groups in total. The van der Waals surface area contributed by atoms with Gasteiger partial charge in [0.15, 0.2) is 11.6 Å². The highest BCUT2D eigenvalue weighted by molar-refractivity contribution is 5.66. The van der Waals surface area contributed by atoms with Crippen LogP contribution in [0.3, 0.4) is 0 Å². The van der Waals surface area contributed by atoms with Crippen LogP contribution in [-0.4, -0.2) is 0 Å². The van der Waals surface area contributed by atoms with Gasteiger partial charge in [0, 0.05) is 16.7 Å². The van der Waals surface area contributed by atoms with Crippen molar-refractivity contribution in [3.05, 3.63) is 94.3 Å². The van der Waals surface area contributed by atoms with Gasteiger partial charge in [0.25, 0.3) is 0 Å². The Labute approximate surface area is 183 Å². The molecule has 3 aromatic rings. The fraction of sp³-hybridized carbons (Fsp3) is 0.286. The van der Waals surface area contributed by atoms with Gasteiger partial charge in [0.1, 0.15) is 5.82 Å². The number of benzene rings is 3. The van der Waals surface area contributed by atoms with Crippen LogP contribution in [0, 0.1) is 29.3 Å². The first kappa shape index (κ1) is 22.7. The molecule has 160 valence electrons. The molecule has 0 amide bonds. The lowest BCUT2D eigenvalue weighted by Crippen LogP contribution is -1.97. The molecule has 0 aliphatic heterocycles. The number of halogens is 3. The van der Waals surface area contributed by atoms with Crippen molar-refractivity contribution in [2.45, 2.75) is 52.4 Å². The molecule has 0 atom stereocenters. The Bertz CT molecular complexity index is 1090. The summed E-state index contributed by atoms with van der Waals surface area (Å²) in [5, 5.41) is 0. The molecule has 0 saturated carbocycles. The van der Waals surface area contributed by atoms with E-state index < -0.39 is 11.6 Å². The largest absolute Gasteiger partial charge is 0.207 e. The van der Waals surface area contributed by atoms with E-state index in [0.717, 1.165) is 31.2 Å². The molecule has 0 aromatic heterocycles. The minimum absolute atomic E-state index is 0.236. The lowest BCUT2D eigenvalue weighted by atomic mass is 9.99. The van der Waals surface area contributed by atoms with E-state index in [0.29, 0.717) is 35.1 Å². The maximum Gasteiger partial charge on any atom is 0.166 e. The van der Waals surface area contributed by atoms with Gasteiger partial charge in [0.05, 0.1) is 0 Å². The van der Waals surface area contributed by atoms with Gasteiger partial charge in [-0.15, -0.1) is 0 Å². The average Bonchev–Trinajstić information content (AvgIpc) is 2.78. The standard InChI is InChI=1S/C28H27F3/c1-3-5-6-8-24-17-18-25(28(31)27(24)30)22-14-11-20(12-15-22)9-10-21-13-16-23(7-4-2)26(29)19-21/h11-19H,3-8H2,1-2H3. The summed E-state index contributed by atoms with van der Waals surface area (Å²) in [6.45, 7) is 4.09. The van der Waals surface area contributed by atoms with Crippen molar-refractivity contribution in [1.29, 1.82) is 0 Å². The molecule has 0 bridgehead atoms. The van der Waals surface area contributed by atoms with Gasteiger partial charge >= 0.3 is 0 Å². The number of aryl methyl sites for hydroxylation is 2. The summed E-state index contributed by atoms with van der Waals surface area (Å²) >= 11 is 0. The molecule has 0 aliphatic carbocycles. The molecule has 31 heavy (non-hydrogen) atoms. The summed E-state index contributed by atoms with van der Waals surface area (Å²) in [4.78, 5) is 0. The van der Waals surface area contributed by atoms with Crippen molar-refractivity contribution in [2.24, 2.45) is 0 Å². The zero-order valence-electron chi connectivity index (χ0n) is 18.1. The van der Waals surface area contributed by atoms with Crippen LogP contribution in [0.1, 0.15) is 61.8 Å². The minimum Gasteiger partial charge on any atom is -0.207 e. The van der Waals surface area contributed by atoms with Gasteiger partial charge in [-0.1, -0.05) is 75.3 Å². The van der Waals surface area contributed by atoms with Crippen LogP contribution in [0.15, 0.2) is 54.6 Å². The summed E-state index contributed by atoms with van der Waals surface area (Å²) in [6, 6.07) is 15.3. The Kier molecular flexibility index (Phi) is 7.95. The summed E-state index contributed by atoms with van der Waals surface area (Å²) in [5.74, 6) is 4.15. The molecular formula is C28H27F3. The van der Waals surface area contributed by atoms with E-state index in [2.05, 4.69) is 18.8 Å². The molecular weight excluding hydrogens is 393 g/mol. The summed E-state index contributed by atoms with van der Waals surface area (Å²) < 4.78 is 43.1. The number of hydrogen-bond donors (Lipinski definition) is 0. The van der Waals surface area contributed by atoms with Crippen molar-refractivity contribution < 1.29 is 13.2 Å². The van der Waals surface area contributed by atoms with Crippen LogP contribution in [0.4, 0.5) is 13.2 Å². The van der Waals surface area contributed by atoms with Crippen LogP contribution in [0.2, 0.25) is 0 Å². The average molecular weight is 421 g/mol. The molecule has 0 heterocycles. The van der Waals surface area contributed by atoms with Crippen molar-refractivity contribution in [1.82, 2.24) is 0 Å². The van der Waals surface area contributed by atoms with E-state index in [-0.39, 0.29) is 11.4 Å². The third-order valence-electron chi connectivity index (χ3n) is 5.33. The van der Waals surface area contributed by atoms with Gasteiger partial charge in [-0.05, 0) is 60.2 Å².